The number of hydrogen-bond donors (Lipinski definition) is 0. The number of para-hydroxylation sites is 4. The number of methoxy groups -OCH3 is 1. The zero-order valence-electron chi connectivity index (χ0n) is 33.6. The molecule has 5 nitrogen and oxygen atoms in total. The molecule has 61 heavy (non-hydrogen) atoms. The minimum atomic E-state index is -0.480. The van der Waals surface area contributed by atoms with E-state index in [1.807, 2.05) is 18.2 Å². The van der Waals surface area contributed by atoms with E-state index in [-0.39, 0.29) is 0 Å². The van der Waals surface area contributed by atoms with E-state index in [1.165, 1.54) is 33.4 Å². The maximum Gasteiger partial charge on any atom is 0.161 e. The van der Waals surface area contributed by atoms with Gasteiger partial charge in [-0.15, -0.1) is 0 Å². The Morgan fingerprint density at radius 2 is 1.21 bits per heavy atom. The largest absolute Gasteiger partial charge is 0.496 e. The number of furan rings is 1. The fourth-order valence-electron chi connectivity index (χ4n) is 10.2. The van der Waals surface area contributed by atoms with Crippen molar-refractivity contribution in [1.82, 2.24) is 0 Å². The number of fused-ring (bicyclic) bond motifs is 11. The molecule has 9 aromatic rings. The molecule has 2 aliphatic carbocycles. The predicted octanol–water partition coefficient (Wildman–Crippen LogP) is 14.8. The van der Waals surface area contributed by atoms with Gasteiger partial charge in [0, 0.05) is 33.7 Å². The quantitative estimate of drug-likeness (QED) is 0.161. The molecule has 0 amide bonds. The third-order valence-electron chi connectivity index (χ3n) is 12.7. The van der Waals surface area contributed by atoms with Crippen molar-refractivity contribution in [3.05, 3.63) is 228 Å². The van der Waals surface area contributed by atoms with Crippen LogP contribution in [-0.4, -0.2) is 7.11 Å². The number of benzene rings is 8. The summed E-state index contributed by atoms with van der Waals surface area (Å²) >= 11 is 0. The summed E-state index contributed by atoms with van der Waals surface area (Å²) in [5.74, 6) is 2.64. The molecule has 8 aromatic carbocycles. The van der Waals surface area contributed by atoms with E-state index >= 15 is 0 Å². The third-order valence-corrected chi connectivity index (χ3v) is 12.7. The summed E-state index contributed by atoms with van der Waals surface area (Å²) < 4.78 is 19.6. The van der Waals surface area contributed by atoms with Crippen molar-refractivity contribution in [2.75, 3.05) is 16.9 Å². The van der Waals surface area contributed by atoms with Crippen LogP contribution in [-0.2, 0) is 5.41 Å². The van der Waals surface area contributed by atoms with E-state index < -0.39 is 5.41 Å². The van der Waals surface area contributed by atoms with Crippen molar-refractivity contribution in [3.63, 3.8) is 0 Å². The molecule has 1 spiro atoms. The summed E-state index contributed by atoms with van der Waals surface area (Å²) in [5, 5.41) is 1.92. The van der Waals surface area contributed by atoms with Crippen LogP contribution >= 0.6 is 0 Å². The molecule has 0 bridgehead atoms. The van der Waals surface area contributed by atoms with Crippen LogP contribution in [0.1, 0.15) is 29.5 Å². The zero-order chi connectivity index (χ0) is 40.5. The number of hydrogen-bond acceptors (Lipinski definition) is 5. The van der Waals surface area contributed by atoms with Gasteiger partial charge in [0.05, 0.1) is 23.6 Å². The molecule has 5 heteroatoms. The lowest BCUT2D eigenvalue weighted by atomic mass is 9.64. The van der Waals surface area contributed by atoms with Gasteiger partial charge in [0.15, 0.2) is 5.58 Å². The molecule has 1 atom stereocenters. The molecular weight excluding hydrogens is 749 g/mol. The first-order valence-electron chi connectivity index (χ1n) is 20.9. The van der Waals surface area contributed by atoms with Crippen LogP contribution in [0.25, 0.3) is 33.1 Å². The average Bonchev–Trinajstić information content (AvgIpc) is 3.85. The van der Waals surface area contributed by atoms with Crippen LogP contribution in [0.2, 0.25) is 0 Å². The lowest BCUT2D eigenvalue weighted by Gasteiger charge is -2.41. The smallest absolute Gasteiger partial charge is 0.161 e. The average molecular weight is 789 g/mol. The van der Waals surface area contributed by atoms with Crippen molar-refractivity contribution in [1.29, 1.82) is 0 Å². The number of rotatable bonds is 7. The van der Waals surface area contributed by atoms with Gasteiger partial charge in [0.1, 0.15) is 28.5 Å². The molecule has 1 aliphatic heterocycles. The maximum absolute atomic E-state index is 7.02. The van der Waals surface area contributed by atoms with Gasteiger partial charge in [-0.3, -0.25) is 0 Å². The standard InChI is InChI=1S/C56H40N2O3/c1-59-51-30-17-31-52-53(51)42-33-35-48(54(55(42)61-52)58(38-20-7-3-8-21-38)39-22-9-4-10-23-39)57(37-18-5-2-6-19-37)40-32-34-45-43(36-40)41-24-11-12-25-44(41)56(45)46-26-13-15-28-49(46)60-50-29-16-14-27-47(50)56/h2-13,15-26,28-36H,14,27H2,1H3. The van der Waals surface area contributed by atoms with Gasteiger partial charge in [-0.05, 0) is 126 Å². The lowest BCUT2D eigenvalue weighted by molar-refractivity contribution is 0.389. The summed E-state index contributed by atoms with van der Waals surface area (Å²) in [6, 6.07) is 66.9. The van der Waals surface area contributed by atoms with Crippen LogP contribution in [0.15, 0.2) is 216 Å². The maximum atomic E-state index is 7.02. The summed E-state index contributed by atoms with van der Waals surface area (Å²) in [7, 11) is 1.72. The summed E-state index contributed by atoms with van der Waals surface area (Å²) in [6.07, 6.45) is 6.32. The third kappa shape index (κ3) is 5.20. The molecule has 12 rings (SSSR count). The van der Waals surface area contributed by atoms with Crippen LogP contribution in [0.5, 0.6) is 11.5 Å². The Morgan fingerprint density at radius 1 is 0.557 bits per heavy atom. The number of ether oxygens (including phenoxy) is 2. The molecule has 0 radical (unpaired) electrons. The Hall–Kier alpha value is -7.76. The highest BCUT2D eigenvalue weighted by atomic mass is 16.5. The molecule has 2 heterocycles. The second kappa shape index (κ2) is 13.9. The minimum absolute atomic E-state index is 0.480. The van der Waals surface area contributed by atoms with Crippen LogP contribution < -0.4 is 19.3 Å². The molecular formula is C56H40N2O3. The molecule has 292 valence electrons. The van der Waals surface area contributed by atoms with Crippen molar-refractivity contribution >= 4 is 56.1 Å². The molecule has 3 aliphatic rings. The Balaban J connectivity index is 1.16. The van der Waals surface area contributed by atoms with Gasteiger partial charge in [-0.1, -0.05) is 115 Å². The molecule has 0 fully saturated rings. The van der Waals surface area contributed by atoms with Gasteiger partial charge in [0.2, 0.25) is 0 Å². The SMILES string of the molecule is COc1cccc2oc3c(N(c4ccccc4)c4ccccc4)c(N(c4ccccc4)c4ccc5c(c4)-c4ccccc4C54C5=C(C=CCC5)Oc5ccccc54)ccc3c12. The lowest BCUT2D eigenvalue weighted by Crippen LogP contribution is -2.35. The fourth-order valence-corrected chi connectivity index (χ4v) is 10.2. The molecule has 0 N–H and O–H groups in total. The van der Waals surface area contributed by atoms with E-state index in [0.29, 0.717) is 0 Å². The van der Waals surface area contributed by atoms with E-state index in [2.05, 4.69) is 192 Å². The first kappa shape index (κ1) is 35.2. The van der Waals surface area contributed by atoms with Crippen LogP contribution in [0.3, 0.4) is 0 Å². The van der Waals surface area contributed by atoms with Crippen LogP contribution in [0, 0.1) is 0 Å². The topological polar surface area (TPSA) is 38.1 Å². The summed E-state index contributed by atoms with van der Waals surface area (Å²) in [6.45, 7) is 0. The highest BCUT2D eigenvalue weighted by Gasteiger charge is 2.52. The fraction of sp³-hybridized carbons (Fsp3) is 0.0714. The number of allylic oxidation sites excluding steroid dienone is 3. The van der Waals surface area contributed by atoms with Crippen molar-refractivity contribution < 1.29 is 13.9 Å². The second-order valence-corrected chi connectivity index (χ2v) is 15.8. The molecule has 0 saturated heterocycles. The zero-order valence-corrected chi connectivity index (χ0v) is 33.6. The highest BCUT2D eigenvalue weighted by Crippen LogP contribution is 2.63. The van der Waals surface area contributed by atoms with Crippen molar-refractivity contribution in [3.8, 4) is 22.6 Å². The highest BCUT2D eigenvalue weighted by molar-refractivity contribution is 6.16. The van der Waals surface area contributed by atoms with E-state index in [0.717, 1.165) is 86.2 Å². The van der Waals surface area contributed by atoms with Gasteiger partial charge in [-0.25, -0.2) is 0 Å². The Morgan fingerprint density at radius 3 is 1.95 bits per heavy atom. The second-order valence-electron chi connectivity index (χ2n) is 15.8. The normalized spacial score (nSPS) is 15.9. The van der Waals surface area contributed by atoms with Gasteiger partial charge in [-0.2, -0.15) is 0 Å². The molecule has 0 saturated carbocycles. The molecule has 1 aromatic heterocycles. The Labute approximate surface area is 354 Å². The first-order valence-corrected chi connectivity index (χ1v) is 20.9. The molecule has 1 unspecified atom stereocenters. The summed E-state index contributed by atoms with van der Waals surface area (Å²) in [5.41, 5.74) is 14.5. The van der Waals surface area contributed by atoms with E-state index in [4.69, 9.17) is 13.9 Å². The monoisotopic (exact) mass is 788 g/mol. The van der Waals surface area contributed by atoms with Gasteiger partial charge < -0.3 is 23.7 Å². The first-order chi connectivity index (χ1) is 30.2. The van der Waals surface area contributed by atoms with Gasteiger partial charge in [0.25, 0.3) is 0 Å². The Kier molecular flexibility index (Phi) is 8.04. The Bertz CT molecular complexity index is 3180. The predicted molar refractivity (Wildman–Crippen MR) is 247 cm³/mol. The van der Waals surface area contributed by atoms with Gasteiger partial charge >= 0.3 is 0 Å². The van der Waals surface area contributed by atoms with Crippen molar-refractivity contribution in [2.45, 2.75) is 18.3 Å². The van der Waals surface area contributed by atoms with E-state index in [1.54, 1.807) is 7.11 Å². The number of anilines is 6. The summed E-state index contributed by atoms with van der Waals surface area (Å²) in [4.78, 5) is 4.71. The minimum Gasteiger partial charge on any atom is -0.496 e. The van der Waals surface area contributed by atoms with E-state index in [9.17, 15) is 0 Å². The van der Waals surface area contributed by atoms with Crippen LogP contribution in [0.4, 0.5) is 34.1 Å². The van der Waals surface area contributed by atoms with Crippen molar-refractivity contribution in [2.24, 2.45) is 0 Å². The number of nitrogens with zero attached hydrogens (tertiary/aromatic N) is 2.